The number of hydrogen-bond acceptors (Lipinski definition) is 6. The van der Waals surface area contributed by atoms with Crippen molar-refractivity contribution in [1.29, 1.82) is 0 Å². The predicted molar refractivity (Wildman–Crippen MR) is 152 cm³/mol. The SMILES string of the molecule is CCOC(=O)N(Cc1ccccc1)Cc1ccccc1.O=C=NC1CCC(CC2CCC(N=C=O)CC2)CC1. The van der Waals surface area contributed by atoms with Gasteiger partial charge in [0.15, 0.2) is 0 Å². The third-order valence-corrected chi connectivity index (χ3v) is 7.73. The van der Waals surface area contributed by atoms with Crippen molar-refractivity contribution < 1.29 is 19.1 Å². The highest BCUT2D eigenvalue weighted by Crippen LogP contribution is 2.36. The van der Waals surface area contributed by atoms with Crippen LogP contribution in [0.5, 0.6) is 0 Å². The maximum atomic E-state index is 12.1. The molecule has 1 amide bonds. The summed E-state index contributed by atoms with van der Waals surface area (Å²) < 4.78 is 5.14. The Balaban J connectivity index is 0.000000216. The lowest BCUT2D eigenvalue weighted by Gasteiger charge is -2.31. The van der Waals surface area contributed by atoms with Gasteiger partial charge in [-0.05, 0) is 87.7 Å². The number of nitrogens with zero attached hydrogens (tertiary/aromatic N) is 3. The Morgan fingerprint density at radius 2 is 1.15 bits per heavy atom. The number of benzene rings is 2. The summed E-state index contributed by atoms with van der Waals surface area (Å²) in [5.41, 5.74) is 2.19. The number of hydrogen-bond donors (Lipinski definition) is 0. The van der Waals surface area contributed by atoms with Crippen molar-refractivity contribution in [3.05, 3.63) is 71.8 Å². The van der Waals surface area contributed by atoms with E-state index < -0.39 is 0 Å². The first kappa shape index (κ1) is 30.0. The number of rotatable bonds is 9. The van der Waals surface area contributed by atoms with Crippen LogP contribution in [0.4, 0.5) is 4.79 Å². The second kappa shape index (κ2) is 17.1. The van der Waals surface area contributed by atoms with Crippen LogP contribution in [-0.2, 0) is 27.4 Å². The lowest BCUT2D eigenvalue weighted by Crippen LogP contribution is -2.30. The van der Waals surface area contributed by atoms with E-state index in [1.807, 2.05) is 67.6 Å². The van der Waals surface area contributed by atoms with Crippen LogP contribution in [0.1, 0.15) is 75.8 Å². The Labute approximate surface area is 232 Å². The molecule has 0 aliphatic heterocycles. The molecule has 0 spiro atoms. The zero-order valence-corrected chi connectivity index (χ0v) is 23.0. The molecular formula is C32H41N3O4. The van der Waals surface area contributed by atoms with Crippen LogP contribution in [0.15, 0.2) is 70.6 Å². The molecule has 0 heterocycles. The molecule has 208 valence electrons. The van der Waals surface area contributed by atoms with E-state index >= 15 is 0 Å². The maximum absolute atomic E-state index is 12.1. The number of ether oxygens (including phenoxy) is 1. The van der Waals surface area contributed by atoms with Crippen LogP contribution in [0, 0.1) is 11.8 Å². The molecule has 2 aromatic carbocycles. The standard InChI is InChI=1S/C17H19NO2.C15H22N2O2/c1-2-20-17(19)18(13-15-9-5-3-6-10-15)14-16-11-7-4-8-12-16;18-10-16-14-5-1-12(2-6-14)9-13-3-7-15(8-4-13)17-11-19/h3-12H,2,13-14H2,1H3;12-15H,1-9H2. The molecule has 0 unspecified atom stereocenters. The smallest absolute Gasteiger partial charge is 0.410 e. The van der Waals surface area contributed by atoms with Crippen molar-refractivity contribution in [1.82, 2.24) is 4.90 Å². The molecule has 0 saturated heterocycles. The summed E-state index contributed by atoms with van der Waals surface area (Å²) >= 11 is 0. The van der Waals surface area contributed by atoms with E-state index in [-0.39, 0.29) is 18.2 Å². The van der Waals surface area contributed by atoms with Crippen molar-refractivity contribution in [3.8, 4) is 0 Å². The van der Waals surface area contributed by atoms with E-state index in [0.717, 1.165) is 48.6 Å². The van der Waals surface area contributed by atoms with Crippen molar-refractivity contribution >= 4 is 18.3 Å². The molecule has 0 aromatic heterocycles. The van der Waals surface area contributed by atoms with Crippen LogP contribution in [0.25, 0.3) is 0 Å². The Morgan fingerprint density at radius 1 is 0.744 bits per heavy atom. The summed E-state index contributed by atoms with van der Waals surface area (Å²) in [6, 6.07) is 20.3. The minimum atomic E-state index is -0.278. The second-order valence-corrected chi connectivity index (χ2v) is 10.6. The van der Waals surface area contributed by atoms with Gasteiger partial charge in [-0.25, -0.2) is 24.4 Å². The predicted octanol–water partition coefficient (Wildman–Crippen LogP) is 7.01. The van der Waals surface area contributed by atoms with Gasteiger partial charge in [0.1, 0.15) is 0 Å². The Morgan fingerprint density at radius 3 is 1.51 bits per heavy atom. The molecule has 0 bridgehead atoms. The maximum Gasteiger partial charge on any atom is 0.410 e. The van der Waals surface area contributed by atoms with Gasteiger partial charge in [0, 0.05) is 13.1 Å². The molecule has 0 N–H and O–H groups in total. The first-order valence-corrected chi connectivity index (χ1v) is 14.2. The molecule has 2 aliphatic carbocycles. The van der Waals surface area contributed by atoms with Crippen LogP contribution >= 0.6 is 0 Å². The first-order chi connectivity index (χ1) is 19.1. The molecule has 39 heavy (non-hydrogen) atoms. The average molecular weight is 532 g/mol. The van der Waals surface area contributed by atoms with Crippen molar-refractivity contribution in [3.63, 3.8) is 0 Å². The highest BCUT2D eigenvalue weighted by atomic mass is 16.6. The van der Waals surface area contributed by atoms with Gasteiger partial charge in [0.2, 0.25) is 12.2 Å². The third-order valence-electron chi connectivity index (χ3n) is 7.73. The van der Waals surface area contributed by atoms with Crippen molar-refractivity contribution in [2.45, 2.75) is 89.9 Å². The zero-order valence-electron chi connectivity index (χ0n) is 23.0. The van der Waals surface area contributed by atoms with E-state index in [0.29, 0.717) is 19.7 Å². The van der Waals surface area contributed by atoms with E-state index in [1.165, 1.54) is 32.1 Å². The summed E-state index contributed by atoms with van der Waals surface area (Å²) in [6.45, 7) is 3.31. The summed E-state index contributed by atoms with van der Waals surface area (Å²) in [6.07, 6.45) is 13.4. The van der Waals surface area contributed by atoms with Gasteiger partial charge < -0.3 is 4.74 Å². The lowest BCUT2D eigenvalue weighted by molar-refractivity contribution is 0.102. The Hall–Kier alpha value is -3.53. The number of carbonyl (C=O) groups is 1. The van der Waals surface area contributed by atoms with Crippen LogP contribution in [-0.4, -0.2) is 41.8 Å². The highest BCUT2D eigenvalue weighted by molar-refractivity contribution is 5.67. The molecule has 7 heteroatoms. The van der Waals surface area contributed by atoms with Crippen LogP contribution < -0.4 is 0 Å². The molecular weight excluding hydrogens is 490 g/mol. The fourth-order valence-electron chi connectivity index (χ4n) is 5.65. The molecule has 7 nitrogen and oxygen atoms in total. The van der Waals surface area contributed by atoms with Crippen LogP contribution in [0.2, 0.25) is 0 Å². The largest absolute Gasteiger partial charge is 0.450 e. The van der Waals surface area contributed by atoms with E-state index in [4.69, 9.17) is 4.74 Å². The highest BCUT2D eigenvalue weighted by Gasteiger charge is 2.26. The summed E-state index contributed by atoms with van der Waals surface area (Å²) in [5.74, 6) is 1.60. The number of carbonyl (C=O) groups excluding carboxylic acids is 3. The Kier molecular flexibility index (Phi) is 13.2. The molecule has 2 saturated carbocycles. The fourth-order valence-corrected chi connectivity index (χ4v) is 5.65. The number of amides is 1. The zero-order chi connectivity index (χ0) is 27.7. The van der Waals surface area contributed by atoms with Gasteiger partial charge in [-0.1, -0.05) is 60.7 Å². The average Bonchev–Trinajstić information content (AvgIpc) is 2.97. The molecule has 2 fully saturated rings. The third kappa shape index (κ3) is 11.0. The van der Waals surface area contributed by atoms with E-state index in [9.17, 15) is 14.4 Å². The van der Waals surface area contributed by atoms with Crippen LogP contribution in [0.3, 0.4) is 0 Å². The second-order valence-electron chi connectivity index (χ2n) is 10.6. The number of isocyanates is 2. The van der Waals surface area contributed by atoms with Gasteiger partial charge in [-0.3, -0.25) is 4.90 Å². The van der Waals surface area contributed by atoms with Crippen molar-refractivity contribution in [2.24, 2.45) is 21.8 Å². The van der Waals surface area contributed by atoms with Gasteiger partial charge in [-0.2, -0.15) is 0 Å². The molecule has 4 rings (SSSR count). The van der Waals surface area contributed by atoms with E-state index in [1.54, 1.807) is 17.1 Å². The van der Waals surface area contributed by atoms with Gasteiger partial charge in [0.05, 0.1) is 18.7 Å². The Bertz CT molecular complexity index is 988. The normalized spacial score (nSPS) is 22.2. The minimum absolute atomic E-state index is 0.228. The van der Waals surface area contributed by atoms with Gasteiger partial charge in [-0.15, -0.1) is 0 Å². The lowest BCUT2D eigenvalue weighted by atomic mass is 9.76. The molecule has 2 aliphatic rings. The molecule has 0 atom stereocenters. The molecule has 0 radical (unpaired) electrons. The summed E-state index contributed by atoms with van der Waals surface area (Å²) in [7, 11) is 0. The summed E-state index contributed by atoms with van der Waals surface area (Å²) in [5, 5.41) is 0. The van der Waals surface area contributed by atoms with Gasteiger partial charge >= 0.3 is 6.09 Å². The molecule has 2 aromatic rings. The summed E-state index contributed by atoms with van der Waals surface area (Å²) in [4.78, 5) is 41.9. The van der Waals surface area contributed by atoms with Gasteiger partial charge in [0.25, 0.3) is 0 Å². The van der Waals surface area contributed by atoms with Crippen molar-refractivity contribution in [2.75, 3.05) is 6.61 Å². The quantitative estimate of drug-likeness (QED) is 0.257. The number of aliphatic imine (C=N–C) groups is 2. The fraction of sp³-hybridized carbons (Fsp3) is 0.531. The topological polar surface area (TPSA) is 88.4 Å². The first-order valence-electron chi connectivity index (χ1n) is 14.2. The minimum Gasteiger partial charge on any atom is -0.450 e. The monoisotopic (exact) mass is 531 g/mol. The van der Waals surface area contributed by atoms with E-state index in [2.05, 4.69) is 9.98 Å².